The Morgan fingerprint density at radius 3 is 2.89 bits per heavy atom. The fourth-order valence-corrected chi connectivity index (χ4v) is 0.563. The smallest absolute Gasteiger partial charge is 0.192 e. The summed E-state index contributed by atoms with van der Waals surface area (Å²) in [6, 6.07) is 0. The summed E-state index contributed by atoms with van der Waals surface area (Å²) in [5.41, 5.74) is 0. The fourth-order valence-electron chi connectivity index (χ4n) is 0.226. The monoisotopic (exact) mass is 237 g/mol. The Bertz CT molecular complexity index is 139. The van der Waals surface area contributed by atoms with Crippen molar-refractivity contribution in [2.45, 2.75) is 0 Å². The van der Waals surface area contributed by atoms with Gasteiger partial charge in [-0.2, -0.15) is 0 Å². The lowest BCUT2D eigenvalue weighted by Gasteiger charge is -1.84. The molecule has 0 radical (unpaired) electrons. The Morgan fingerprint density at radius 2 is 2.44 bits per heavy atom. The molecule has 0 unspecified atom stereocenters. The van der Waals surface area contributed by atoms with Gasteiger partial charge < -0.3 is 5.32 Å². The summed E-state index contributed by atoms with van der Waals surface area (Å²) in [7, 11) is 1.78. The zero-order valence-electron chi connectivity index (χ0n) is 5.13. The van der Waals surface area contributed by atoms with E-state index in [0.29, 0.717) is 3.84 Å². The molecule has 0 heterocycles. The highest BCUT2D eigenvalue weighted by Crippen LogP contribution is 1.90. The van der Waals surface area contributed by atoms with Crippen molar-refractivity contribution < 1.29 is 0 Å². The molecule has 0 atom stereocenters. The number of hydrogen-bond acceptors (Lipinski definition) is 1. The Hall–Kier alpha value is -0.390. The van der Waals surface area contributed by atoms with E-state index in [1.807, 2.05) is 22.6 Å². The molecule has 0 aliphatic carbocycles. The third kappa shape index (κ3) is 5.48. The van der Waals surface area contributed by atoms with Crippen molar-refractivity contribution in [1.82, 2.24) is 5.32 Å². The average Bonchev–Trinajstić information content (AvgIpc) is 1.85. The second-order valence-corrected chi connectivity index (χ2v) is 2.09. The van der Waals surface area contributed by atoms with Crippen LogP contribution in [-0.4, -0.2) is 17.2 Å². The van der Waals surface area contributed by atoms with Crippen molar-refractivity contribution >= 4 is 32.8 Å². The Balaban J connectivity index is 3.74. The van der Waals surface area contributed by atoms with Crippen LogP contribution in [0.2, 0.25) is 0 Å². The quantitative estimate of drug-likeness (QED) is 0.333. The average molecular weight is 237 g/mol. The predicted octanol–water partition coefficient (Wildman–Crippen LogP) is 1.17. The van der Waals surface area contributed by atoms with Crippen molar-refractivity contribution in [3.8, 4) is 0 Å². The lowest BCUT2D eigenvalue weighted by Crippen LogP contribution is -2.01. The van der Waals surface area contributed by atoms with E-state index in [9.17, 15) is 0 Å². The molecule has 0 aromatic rings. The third-order valence-electron chi connectivity index (χ3n) is 0.498. The van der Waals surface area contributed by atoms with E-state index >= 15 is 0 Å². The summed E-state index contributed by atoms with van der Waals surface area (Å²) in [5.74, 6) is 0. The van der Waals surface area contributed by atoms with Gasteiger partial charge in [-0.25, -0.2) is 9.98 Å². The summed E-state index contributed by atoms with van der Waals surface area (Å²) >= 11 is 2.01. The zero-order valence-corrected chi connectivity index (χ0v) is 7.29. The highest BCUT2D eigenvalue weighted by Gasteiger charge is 1.79. The molecule has 0 aromatic heterocycles. The topological polar surface area (TPSA) is 36.8 Å². The van der Waals surface area contributed by atoms with E-state index in [1.165, 1.54) is 6.20 Å². The minimum absolute atomic E-state index is 0.664. The van der Waals surface area contributed by atoms with Crippen molar-refractivity contribution in [3.63, 3.8) is 0 Å². The molecule has 1 N–H and O–H groups in total. The molecule has 3 nitrogen and oxygen atoms in total. The van der Waals surface area contributed by atoms with Gasteiger partial charge >= 0.3 is 0 Å². The normalized spacial score (nSPS) is 12.0. The van der Waals surface area contributed by atoms with Crippen molar-refractivity contribution in [2.75, 3.05) is 7.05 Å². The molecular weight excluding hydrogens is 229 g/mol. The molecule has 0 spiro atoms. The molecular formula is C5H8IN3. The maximum absolute atomic E-state index is 3.86. The predicted molar refractivity (Wildman–Crippen MR) is 49.2 cm³/mol. The van der Waals surface area contributed by atoms with E-state index < -0.39 is 0 Å². The number of aliphatic imine (C=N–C) groups is 2. The van der Waals surface area contributed by atoms with Crippen molar-refractivity contribution in [1.29, 1.82) is 0 Å². The minimum atomic E-state index is 0.664. The Labute approximate surface area is 68.1 Å². The summed E-state index contributed by atoms with van der Waals surface area (Å²) in [6.07, 6.45) is 3.02. The molecule has 0 aromatic carbocycles. The third-order valence-corrected chi connectivity index (χ3v) is 1.06. The number of rotatable bonds is 2. The first-order valence-electron chi connectivity index (χ1n) is 2.35. The summed E-state index contributed by atoms with van der Waals surface area (Å²) in [5, 5.41) is 2.75. The van der Waals surface area contributed by atoms with Crippen LogP contribution < -0.4 is 5.32 Å². The second-order valence-electron chi connectivity index (χ2n) is 1.13. The van der Waals surface area contributed by atoms with E-state index in [-0.39, 0.29) is 0 Å². The summed E-state index contributed by atoms with van der Waals surface area (Å²) in [4.78, 5) is 7.65. The lowest BCUT2D eigenvalue weighted by molar-refractivity contribution is 1.21. The standard InChI is InChI=1S/C5H8IN3/c1-3-8-5(6)9-4-7-2/h3-4H,1H2,2H3,(H,7,8,9). The first-order chi connectivity index (χ1) is 4.31. The molecule has 0 rings (SSSR count). The number of halogens is 1. The van der Waals surface area contributed by atoms with Gasteiger partial charge in [-0.1, -0.05) is 6.58 Å². The molecule has 0 saturated carbocycles. The zero-order chi connectivity index (χ0) is 7.11. The summed E-state index contributed by atoms with van der Waals surface area (Å²) < 4.78 is 0.664. The number of nitrogens with one attached hydrogen (secondary N) is 1. The van der Waals surface area contributed by atoms with Crippen LogP contribution in [0, 0.1) is 0 Å². The molecule has 0 aliphatic rings. The molecule has 0 bridgehead atoms. The van der Waals surface area contributed by atoms with Gasteiger partial charge in [0.25, 0.3) is 0 Å². The van der Waals surface area contributed by atoms with E-state index in [2.05, 4.69) is 21.9 Å². The second kappa shape index (κ2) is 5.74. The van der Waals surface area contributed by atoms with Gasteiger partial charge in [-0.15, -0.1) is 0 Å². The van der Waals surface area contributed by atoms with Crippen LogP contribution in [0.4, 0.5) is 0 Å². The van der Waals surface area contributed by atoms with Crippen molar-refractivity contribution in [2.24, 2.45) is 9.98 Å². The molecule has 0 aliphatic heterocycles. The van der Waals surface area contributed by atoms with Crippen molar-refractivity contribution in [3.05, 3.63) is 12.8 Å². The van der Waals surface area contributed by atoms with Crippen LogP contribution in [0.1, 0.15) is 0 Å². The van der Waals surface area contributed by atoms with Crippen LogP contribution in [0.25, 0.3) is 0 Å². The van der Waals surface area contributed by atoms with Gasteiger partial charge in [0.15, 0.2) is 3.84 Å². The number of amidine groups is 1. The fraction of sp³-hybridized carbons (Fsp3) is 0.200. The SMILES string of the molecule is C=C/N=C(I)\N=C/NC. The van der Waals surface area contributed by atoms with Gasteiger partial charge in [0.05, 0.1) is 6.34 Å². The van der Waals surface area contributed by atoms with Crippen LogP contribution in [0.3, 0.4) is 0 Å². The van der Waals surface area contributed by atoms with E-state index in [4.69, 9.17) is 0 Å². The van der Waals surface area contributed by atoms with Crippen LogP contribution in [0.5, 0.6) is 0 Å². The number of nitrogens with zero attached hydrogens (tertiary/aromatic N) is 2. The highest BCUT2D eigenvalue weighted by molar-refractivity contribution is 14.1. The van der Waals surface area contributed by atoms with E-state index in [1.54, 1.807) is 13.4 Å². The maximum Gasteiger partial charge on any atom is 0.192 e. The Morgan fingerprint density at radius 1 is 1.78 bits per heavy atom. The molecule has 4 heteroatoms. The number of hydrogen-bond donors (Lipinski definition) is 1. The van der Waals surface area contributed by atoms with E-state index in [0.717, 1.165) is 0 Å². The maximum atomic E-state index is 3.86. The van der Waals surface area contributed by atoms with Crippen LogP contribution in [0.15, 0.2) is 22.8 Å². The molecule has 0 fully saturated rings. The first-order valence-corrected chi connectivity index (χ1v) is 3.43. The van der Waals surface area contributed by atoms with Crippen LogP contribution >= 0.6 is 22.6 Å². The minimum Gasteiger partial charge on any atom is -0.379 e. The van der Waals surface area contributed by atoms with Gasteiger partial charge in [-0.05, 0) is 0 Å². The Kier molecular flexibility index (Phi) is 5.49. The molecule has 0 amide bonds. The van der Waals surface area contributed by atoms with Crippen LogP contribution in [-0.2, 0) is 0 Å². The summed E-state index contributed by atoms with van der Waals surface area (Å²) in [6.45, 7) is 3.42. The first kappa shape index (κ1) is 8.61. The van der Waals surface area contributed by atoms with Gasteiger partial charge in [0.1, 0.15) is 0 Å². The van der Waals surface area contributed by atoms with Gasteiger partial charge in [-0.3, -0.25) is 0 Å². The lowest BCUT2D eigenvalue weighted by atomic mass is 11.0. The highest BCUT2D eigenvalue weighted by atomic mass is 127. The van der Waals surface area contributed by atoms with Gasteiger partial charge in [0, 0.05) is 35.8 Å². The largest absolute Gasteiger partial charge is 0.379 e. The molecule has 0 saturated heterocycles. The molecule has 9 heavy (non-hydrogen) atoms. The molecule has 50 valence electrons. The van der Waals surface area contributed by atoms with Gasteiger partial charge in [0.2, 0.25) is 0 Å².